The van der Waals surface area contributed by atoms with Crippen LogP contribution in [0.4, 0.5) is 13.2 Å². The summed E-state index contributed by atoms with van der Waals surface area (Å²) < 4.78 is 51.8. The van der Waals surface area contributed by atoms with E-state index in [1.54, 1.807) is 39.5 Å². The lowest BCUT2D eigenvalue weighted by Crippen LogP contribution is -2.36. The van der Waals surface area contributed by atoms with Crippen molar-refractivity contribution < 1.29 is 27.4 Å². The number of ether oxygens (including phenoxy) is 3. The third-order valence-corrected chi connectivity index (χ3v) is 4.12. The van der Waals surface area contributed by atoms with Crippen LogP contribution in [0.5, 0.6) is 11.5 Å². The topological polar surface area (TPSA) is 64.1 Å². The number of nitrogens with one attached hydrogen (secondary N) is 2. The van der Waals surface area contributed by atoms with E-state index in [0.717, 1.165) is 11.1 Å². The number of rotatable bonds is 9. The maximum atomic E-state index is 12.2. The summed E-state index contributed by atoms with van der Waals surface area (Å²) in [5.41, 5.74) is 2.56. The molecule has 0 aliphatic heterocycles. The van der Waals surface area contributed by atoms with E-state index in [1.807, 2.05) is 24.3 Å². The van der Waals surface area contributed by atoms with E-state index in [9.17, 15) is 13.2 Å². The first kappa shape index (κ1) is 26.8. The van der Waals surface area contributed by atoms with Crippen LogP contribution in [0.25, 0.3) is 0 Å². The van der Waals surface area contributed by atoms with Gasteiger partial charge in [-0.25, -0.2) is 0 Å². The molecular formula is C21H27F3IN3O3. The number of benzene rings is 2. The molecule has 0 saturated heterocycles. The highest BCUT2D eigenvalue weighted by molar-refractivity contribution is 14.0. The van der Waals surface area contributed by atoms with Crippen LogP contribution in [-0.2, 0) is 24.4 Å². The fourth-order valence-corrected chi connectivity index (χ4v) is 2.70. The van der Waals surface area contributed by atoms with Crippen LogP contribution in [-0.4, -0.2) is 40.0 Å². The van der Waals surface area contributed by atoms with E-state index in [1.165, 1.54) is 0 Å². The minimum Gasteiger partial charge on any atom is -0.493 e. The van der Waals surface area contributed by atoms with Gasteiger partial charge in [0.15, 0.2) is 17.5 Å². The van der Waals surface area contributed by atoms with E-state index in [2.05, 4.69) is 15.6 Å². The number of alkyl halides is 3. The summed E-state index contributed by atoms with van der Waals surface area (Å²) in [5, 5.41) is 6.38. The molecule has 0 aromatic heterocycles. The predicted octanol–water partition coefficient (Wildman–Crippen LogP) is 4.27. The minimum atomic E-state index is -4.33. The number of hydrogen-bond donors (Lipinski definition) is 2. The van der Waals surface area contributed by atoms with Gasteiger partial charge in [-0.2, -0.15) is 13.2 Å². The van der Waals surface area contributed by atoms with Crippen molar-refractivity contribution in [1.82, 2.24) is 10.6 Å². The highest BCUT2D eigenvalue weighted by atomic mass is 127. The fraction of sp³-hybridized carbons (Fsp3) is 0.381. The maximum absolute atomic E-state index is 12.2. The van der Waals surface area contributed by atoms with Crippen molar-refractivity contribution in [3.8, 4) is 11.5 Å². The molecule has 0 radical (unpaired) electrons. The first-order valence-corrected chi connectivity index (χ1v) is 9.22. The number of aliphatic imine (C=N–C) groups is 1. The summed E-state index contributed by atoms with van der Waals surface area (Å²) in [4.78, 5) is 4.18. The second-order valence-corrected chi connectivity index (χ2v) is 6.40. The van der Waals surface area contributed by atoms with Crippen LogP contribution in [0.15, 0.2) is 47.5 Å². The van der Waals surface area contributed by atoms with Crippen molar-refractivity contribution >= 4 is 29.9 Å². The molecule has 0 spiro atoms. The SMILES string of the molecule is CN=C(NCc1cccc(COCC(F)(F)F)c1)NCc1ccc(OC)c(OC)c1.I. The van der Waals surface area contributed by atoms with Gasteiger partial charge < -0.3 is 24.8 Å². The molecule has 0 amide bonds. The monoisotopic (exact) mass is 553 g/mol. The Kier molecular flexibility index (Phi) is 11.5. The Balaban J connectivity index is 0.00000480. The van der Waals surface area contributed by atoms with E-state index < -0.39 is 12.8 Å². The number of nitrogens with zero attached hydrogens (tertiary/aromatic N) is 1. The molecule has 0 fully saturated rings. The minimum absolute atomic E-state index is 0. The normalized spacial score (nSPS) is 11.5. The van der Waals surface area contributed by atoms with Crippen LogP contribution in [0.1, 0.15) is 16.7 Å². The van der Waals surface area contributed by atoms with Crippen molar-refractivity contribution in [1.29, 1.82) is 0 Å². The first-order chi connectivity index (χ1) is 14.3. The van der Waals surface area contributed by atoms with Crippen molar-refractivity contribution in [3.63, 3.8) is 0 Å². The third kappa shape index (κ3) is 9.64. The van der Waals surface area contributed by atoms with Gasteiger partial charge in [0.05, 0.1) is 20.8 Å². The average Bonchev–Trinajstić information content (AvgIpc) is 2.73. The van der Waals surface area contributed by atoms with Gasteiger partial charge >= 0.3 is 6.18 Å². The molecule has 6 nitrogen and oxygen atoms in total. The Morgan fingerprint density at radius 2 is 1.52 bits per heavy atom. The zero-order chi connectivity index (χ0) is 22.0. The molecule has 0 saturated carbocycles. The van der Waals surface area contributed by atoms with E-state index in [0.29, 0.717) is 36.1 Å². The average molecular weight is 553 g/mol. The Morgan fingerprint density at radius 3 is 2.10 bits per heavy atom. The lowest BCUT2D eigenvalue weighted by Gasteiger charge is -2.14. The standard InChI is InChI=1S/C21H26F3N3O3.HI/c1-25-20(27-12-16-7-8-18(28-2)19(10-16)29-3)26-11-15-5-4-6-17(9-15)13-30-14-21(22,23)24;/h4-10H,11-14H2,1-3H3,(H2,25,26,27);1H. The largest absolute Gasteiger partial charge is 0.493 e. The zero-order valence-corrected chi connectivity index (χ0v) is 19.9. The Morgan fingerprint density at radius 1 is 0.903 bits per heavy atom. The van der Waals surface area contributed by atoms with Crippen molar-refractivity contribution in [3.05, 3.63) is 59.2 Å². The maximum Gasteiger partial charge on any atom is 0.411 e. The molecule has 10 heteroatoms. The summed E-state index contributed by atoms with van der Waals surface area (Å²) in [7, 11) is 4.82. The number of methoxy groups -OCH3 is 2. The molecule has 2 aromatic carbocycles. The fourth-order valence-electron chi connectivity index (χ4n) is 2.70. The summed E-state index contributed by atoms with van der Waals surface area (Å²) in [6.45, 7) is -0.383. The highest BCUT2D eigenvalue weighted by Crippen LogP contribution is 2.27. The van der Waals surface area contributed by atoms with Gasteiger partial charge in [-0.15, -0.1) is 24.0 Å². The van der Waals surface area contributed by atoms with Crippen LogP contribution >= 0.6 is 24.0 Å². The Bertz CT molecular complexity index is 848. The van der Waals surface area contributed by atoms with Crippen LogP contribution in [0.2, 0.25) is 0 Å². The number of hydrogen-bond acceptors (Lipinski definition) is 4. The predicted molar refractivity (Wildman–Crippen MR) is 124 cm³/mol. The van der Waals surface area contributed by atoms with E-state index in [-0.39, 0.29) is 30.6 Å². The summed E-state index contributed by atoms with van der Waals surface area (Å²) >= 11 is 0. The molecule has 31 heavy (non-hydrogen) atoms. The molecule has 0 heterocycles. The van der Waals surface area contributed by atoms with Crippen molar-refractivity contribution in [2.45, 2.75) is 25.9 Å². The summed E-state index contributed by atoms with van der Waals surface area (Å²) in [5.74, 6) is 1.88. The quantitative estimate of drug-likeness (QED) is 0.276. The second kappa shape index (κ2) is 13.3. The summed E-state index contributed by atoms with van der Waals surface area (Å²) in [6.07, 6.45) is -4.33. The van der Waals surface area contributed by atoms with Crippen molar-refractivity contribution in [2.24, 2.45) is 4.99 Å². The molecule has 0 aliphatic carbocycles. The second-order valence-electron chi connectivity index (χ2n) is 6.40. The Labute approximate surface area is 197 Å². The lowest BCUT2D eigenvalue weighted by atomic mass is 10.1. The number of guanidine groups is 1. The first-order valence-electron chi connectivity index (χ1n) is 9.22. The van der Waals surface area contributed by atoms with Gasteiger partial charge in [-0.3, -0.25) is 4.99 Å². The Hall–Kier alpha value is -2.21. The van der Waals surface area contributed by atoms with Gasteiger partial charge in [0.2, 0.25) is 0 Å². The van der Waals surface area contributed by atoms with Gasteiger partial charge in [0, 0.05) is 20.1 Å². The van der Waals surface area contributed by atoms with E-state index in [4.69, 9.17) is 14.2 Å². The van der Waals surface area contributed by atoms with Gasteiger partial charge in [0.25, 0.3) is 0 Å². The lowest BCUT2D eigenvalue weighted by molar-refractivity contribution is -0.176. The molecule has 2 aromatic rings. The summed E-state index contributed by atoms with van der Waals surface area (Å²) in [6, 6.07) is 12.8. The molecule has 172 valence electrons. The molecule has 2 rings (SSSR count). The van der Waals surface area contributed by atoms with Gasteiger partial charge in [0.1, 0.15) is 6.61 Å². The van der Waals surface area contributed by atoms with Crippen LogP contribution in [0.3, 0.4) is 0 Å². The number of halogens is 4. The molecule has 2 N–H and O–H groups in total. The van der Waals surface area contributed by atoms with Gasteiger partial charge in [-0.1, -0.05) is 30.3 Å². The van der Waals surface area contributed by atoms with E-state index >= 15 is 0 Å². The molecular weight excluding hydrogens is 526 g/mol. The molecule has 0 aliphatic rings. The smallest absolute Gasteiger partial charge is 0.411 e. The zero-order valence-electron chi connectivity index (χ0n) is 17.6. The highest BCUT2D eigenvalue weighted by Gasteiger charge is 2.27. The van der Waals surface area contributed by atoms with Crippen LogP contribution < -0.4 is 20.1 Å². The molecule has 0 atom stereocenters. The third-order valence-electron chi connectivity index (χ3n) is 4.12. The molecule has 0 bridgehead atoms. The van der Waals surface area contributed by atoms with Crippen LogP contribution in [0, 0.1) is 0 Å². The molecule has 0 unspecified atom stereocenters. The van der Waals surface area contributed by atoms with Crippen molar-refractivity contribution in [2.75, 3.05) is 27.9 Å². The van der Waals surface area contributed by atoms with Gasteiger partial charge in [-0.05, 0) is 28.8 Å².